The summed E-state index contributed by atoms with van der Waals surface area (Å²) in [7, 11) is 3.25. The molecule has 1 N–H and O–H groups in total. The van der Waals surface area contributed by atoms with Gasteiger partial charge in [0.05, 0.1) is 20.3 Å². The van der Waals surface area contributed by atoms with Crippen molar-refractivity contribution in [1.29, 1.82) is 0 Å². The van der Waals surface area contributed by atoms with Crippen LogP contribution in [0.3, 0.4) is 0 Å². The van der Waals surface area contributed by atoms with E-state index < -0.39 is 6.10 Å². The number of hydrogen-bond acceptors (Lipinski definition) is 7. The third-order valence-electron chi connectivity index (χ3n) is 7.11. The number of benzene rings is 3. The Morgan fingerprint density at radius 2 is 1.77 bits per heavy atom. The molecule has 8 heteroatoms. The SMILES string of the molecule is COc1cc2c3c(c4ccc(OC(=O)c5cccs5)cc4c2cc1OC)[C@H](O)[C@@H]1CCCN1C3.Cl. The van der Waals surface area contributed by atoms with Gasteiger partial charge in [-0.2, -0.15) is 0 Å². The lowest BCUT2D eigenvalue weighted by molar-refractivity contribution is 0.0552. The molecule has 182 valence electrons. The van der Waals surface area contributed by atoms with Crippen LogP contribution in [0.2, 0.25) is 0 Å². The molecule has 35 heavy (non-hydrogen) atoms. The van der Waals surface area contributed by atoms with Crippen LogP contribution in [-0.4, -0.2) is 42.8 Å². The van der Waals surface area contributed by atoms with Gasteiger partial charge < -0.3 is 19.3 Å². The van der Waals surface area contributed by atoms with Gasteiger partial charge in [0.2, 0.25) is 0 Å². The largest absolute Gasteiger partial charge is 0.493 e. The molecule has 3 heterocycles. The molecule has 4 aromatic rings. The molecule has 0 bridgehead atoms. The van der Waals surface area contributed by atoms with E-state index >= 15 is 0 Å². The first-order valence-corrected chi connectivity index (χ1v) is 12.3. The minimum Gasteiger partial charge on any atom is -0.493 e. The molecule has 1 fully saturated rings. The molecule has 0 radical (unpaired) electrons. The summed E-state index contributed by atoms with van der Waals surface area (Å²) in [4.78, 5) is 15.5. The zero-order valence-electron chi connectivity index (χ0n) is 19.4. The van der Waals surface area contributed by atoms with Crippen LogP contribution in [0.5, 0.6) is 17.2 Å². The monoisotopic (exact) mass is 511 g/mol. The Kier molecular flexibility index (Phi) is 6.36. The van der Waals surface area contributed by atoms with Crippen molar-refractivity contribution < 1.29 is 24.1 Å². The van der Waals surface area contributed by atoms with Crippen molar-refractivity contribution in [3.63, 3.8) is 0 Å². The molecule has 0 unspecified atom stereocenters. The number of methoxy groups -OCH3 is 2. The molecule has 0 saturated carbocycles. The fourth-order valence-corrected chi connectivity index (χ4v) is 6.16. The predicted molar refractivity (Wildman–Crippen MR) is 139 cm³/mol. The lowest BCUT2D eigenvalue weighted by Crippen LogP contribution is -2.39. The Hall–Kier alpha value is -2.84. The summed E-state index contributed by atoms with van der Waals surface area (Å²) in [6, 6.07) is 13.4. The fourth-order valence-electron chi connectivity index (χ4n) is 5.57. The first-order valence-electron chi connectivity index (χ1n) is 11.4. The van der Waals surface area contributed by atoms with E-state index in [0.717, 1.165) is 58.6 Å². The van der Waals surface area contributed by atoms with Gasteiger partial charge in [-0.1, -0.05) is 12.1 Å². The van der Waals surface area contributed by atoms with Crippen molar-refractivity contribution in [2.45, 2.75) is 31.5 Å². The van der Waals surface area contributed by atoms with Gasteiger partial charge in [-0.05, 0) is 87.8 Å². The Labute approximate surface area is 213 Å². The molecule has 0 aliphatic carbocycles. The maximum absolute atomic E-state index is 12.6. The highest BCUT2D eigenvalue weighted by Crippen LogP contribution is 2.47. The van der Waals surface area contributed by atoms with Crippen LogP contribution in [0.1, 0.15) is 39.7 Å². The third-order valence-corrected chi connectivity index (χ3v) is 7.96. The Bertz CT molecular complexity index is 1420. The molecule has 0 spiro atoms. The lowest BCUT2D eigenvalue weighted by atomic mass is 9.83. The number of ether oxygens (including phenoxy) is 3. The second kappa shape index (κ2) is 9.32. The molecule has 0 amide bonds. The quantitative estimate of drug-likeness (QED) is 0.214. The number of hydrogen-bond donors (Lipinski definition) is 1. The predicted octanol–water partition coefficient (Wildman–Crippen LogP) is 5.72. The van der Waals surface area contributed by atoms with Crippen LogP contribution in [0, 0.1) is 0 Å². The number of nitrogens with zero attached hydrogens (tertiary/aromatic N) is 1. The highest BCUT2D eigenvalue weighted by molar-refractivity contribution is 7.12. The van der Waals surface area contributed by atoms with Gasteiger partial charge in [0.15, 0.2) is 11.5 Å². The van der Waals surface area contributed by atoms with Crippen molar-refractivity contribution in [3.05, 3.63) is 63.8 Å². The van der Waals surface area contributed by atoms with E-state index in [-0.39, 0.29) is 24.4 Å². The summed E-state index contributed by atoms with van der Waals surface area (Å²) in [6.07, 6.45) is 1.50. The van der Waals surface area contributed by atoms with E-state index in [1.54, 1.807) is 20.3 Å². The zero-order chi connectivity index (χ0) is 23.4. The first kappa shape index (κ1) is 23.9. The van der Waals surface area contributed by atoms with Gasteiger partial charge in [-0.15, -0.1) is 23.7 Å². The molecule has 2 aliphatic rings. The van der Waals surface area contributed by atoms with Gasteiger partial charge in [0.1, 0.15) is 10.6 Å². The van der Waals surface area contributed by atoms with Gasteiger partial charge >= 0.3 is 5.97 Å². The normalized spacial score (nSPS) is 19.2. The number of fused-ring (bicyclic) bond motifs is 7. The summed E-state index contributed by atoms with van der Waals surface area (Å²) < 4.78 is 16.9. The standard InChI is InChI=1S/C27H25NO5S.ClH/c1-31-22-12-18-17-11-15(33-27(30)24-6-4-10-34-24)7-8-16(17)25-20(19(18)13-23(22)32-2)14-28-9-3-5-21(28)26(25)29;/h4,6-8,10-13,21,26,29H,3,5,9,14H2,1-2H3;1H/t21-,26+;/m0./s1. The van der Waals surface area contributed by atoms with Crippen molar-refractivity contribution in [2.24, 2.45) is 0 Å². The van der Waals surface area contributed by atoms with Crippen LogP contribution in [0.15, 0.2) is 47.8 Å². The van der Waals surface area contributed by atoms with E-state index in [9.17, 15) is 9.90 Å². The van der Waals surface area contributed by atoms with E-state index in [4.69, 9.17) is 14.2 Å². The topological polar surface area (TPSA) is 68.2 Å². The number of thiophene rings is 1. The summed E-state index contributed by atoms with van der Waals surface area (Å²) in [5.41, 5.74) is 2.09. The molecule has 1 aromatic heterocycles. The van der Waals surface area contributed by atoms with Crippen LogP contribution in [0.4, 0.5) is 0 Å². The van der Waals surface area contributed by atoms with Crippen LogP contribution in [-0.2, 0) is 6.54 Å². The average molecular weight is 512 g/mol. The summed E-state index contributed by atoms with van der Waals surface area (Å²) in [6.45, 7) is 1.78. The van der Waals surface area contributed by atoms with Gasteiger partial charge in [0.25, 0.3) is 0 Å². The van der Waals surface area contributed by atoms with E-state index in [1.807, 2.05) is 41.8 Å². The zero-order valence-corrected chi connectivity index (χ0v) is 21.1. The highest BCUT2D eigenvalue weighted by atomic mass is 35.5. The van der Waals surface area contributed by atoms with Crippen molar-refractivity contribution in [3.8, 4) is 17.2 Å². The Morgan fingerprint density at radius 3 is 2.49 bits per heavy atom. The molecule has 6 nitrogen and oxygen atoms in total. The molecule has 2 atom stereocenters. The molecular weight excluding hydrogens is 486 g/mol. The summed E-state index contributed by atoms with van der Waals surface area (Å²) >= 11 is 1.35. The minimum absolute atomic E-state index is 0. The van der Waals surface area contributed by atoms with Crippen molar-refractivity contribution in [1.82, 2.24) is 4.90 Å². The van der Waals surface area contributed by atoms with E-state index in [0.29, 0.717) is 22.1 Å². The molecular formula is C27H26ClNO5S. The number of carbonyl (C=O) groups is 1. The van der Waals surface area contributed by atoms with Crippen molar-refractivity contribution >= 4 is 51.3 Å². The van der Waals surface area contributed by atoms with Gasteiger partial charge in [-0.25, -0.2) is 4.79 Å². The number of rotatable bonds is 4. The summed E-state index contributed by atoms with van der Waals surface area (Å²) in [5.74, 6) is 1.37. The van der Waals surface area contributed by atoms with Gasteiger partial charge in [-0.3, -0.25) is 4.90 Å². The maximum atomic E-state index is 12.6. The summed E-state index contributed by atoms with van der Waals surface area (Å²) in [5, 5.41) is 17.2. The Morgan fingerprint density at radius 1 is 1.03 bits per heavy atom. The number of esters is 1. The Balaban J connectivity index is 0.00000253. The lowest BCUT2D eigenvalue weighted by Gasteiger charge is -2.37. The van der Waals surface area contributed by atoms with Crippen LogP contribution in [0.25, 0.3) is 21.5 Å². The van der Waals surface area contributed by atoms with Crippen LogP contribution < -0.4 is 14.2 Å². The maximum Gasteiger partial charge on any atom is 0.353 e. The van der Waals surface area contributed by atoms with Crippen molar-refractivity contribution in [2.75, 3.05) is 20.8 Å². The third kappa shape index (κ3) is 3.83. The first-order chi connectivity index (χ1) is 16.6. The number of carbonyl (C=O) groups excluding carboxylic acids is 1. The highest BCUT2D eigenvalue weighted by Gasteiger charge is 2.39. The number of aliphatic hydroxyl groups excluding tert-OH is 1. The average Bonchev–Trinajstić information content (AvgIpc) is 3.56. The smallest absolute Gasteiger partial charge is 0.353 e. The van der Waals surface area contributed by atoms with Crippen LogP contribution >= 0.6 is 23.7 Å². The van der Waals surface area contributed by atoms with E-state index in [2.05, 4.69) is 4.90 Å². The molecule has 2 aliphatic heterocycles. The molecule has 6 rings (SSSR count). The minimum atomic E-state index is -0.578. The number of aliphatic hydroxyl groups is 1. The molecule has 1 saturated heterocycles. The van der Waals surface area contributed by atoms with Gasteiger partial charge in [0, 0.05) is 12.6 Å². The number of halogens is 1. The fraction of sp³-hybridized carbons (Fsp3) is 0.296. The second-order valence-electron chi connectivity index (χ2n) is 8.84. The molecule has 3 aromatic carbocycles. The second-order valence-corrected chi connectivity index (χ2v) is 9.79. The van der Waals surface area contributed by atoms with E-state index in [1.165, 1.54) is 11.3 Å².